The zero-order chi connectivity index (χ0) is 14.8. The maximum absolute atomic E-state index is 8.96. The van der Waals surface area contributed by atoms with Gasteiger partial charge in [-0.15, -0.1) is 0 Å². The highest BCUT2D eigenvalue weighted by Crippen LogP contribution is 2.25. The summed E-state index contributed by atoms with van der Waals surface area (Å²) in [6, 6.07) is 11.7. The van der Waals surface area contributed by atoms with E-state index < -0.39 is 0 Å². The fourth-order valence-corrected chi connectivity index (χ4v) is 2.45. The third-order valence-electron chi connectivity index (χ3n) is 3.37. The number of rotatable bonds is 3. The van der Waals surface area contributed by atoms with E-state index in [2.05, 4.69) is 11.1 Å². The summed E-state index contributed by atoms with van der Waals surface area (Å²) >= 11 is 0. The average molecular weight is 277 g/mol. The predicted molar refractivity (Wildman–Crippen MR) is 80.2 cm³/mol. The van der Waals surface area contributed by atoms with Crippen molar-refractivity contribution in [2.24, 2.45) is 0 Å². The molecule has 1 aromatic carbocycles. The Bertz CT molecular complexity index is 787. The summed E-state index contributed by atoms with van der Waals surface area (Å²) < 4.78 is 7.87. The highest BCUT2D eigenvalue weighted by Gasteiger charge is 2.08. The Labute approximate surface area is 123 Å². The predicted octanol–water partition coefficient (Wildman–Crippen LogP) is 3.40. The molecule has 0 saturated carbocycles. The van der Waals surface area contributed by atoms with Gasteiger partial charge in [0.2, 0.25) is 0 Å². The maximum atomic E-state index is 8.96. The quantitative estimate of drug-likeness (QED) is 0.737. The van der Waals surface area contributed by atoms with Crippen molar-refractivity contribution < 1.29 is 4.74 Å². The van der Waals surface area contributed by atoms with Gasteiger partial charge in [-0.1, -0.05) is 6.07 Å². The first kappa shape index (κ1) is 13.2. The number of nitriles is 1. The Kier molecular flexibility index (Phi) is 3.33. The Morgan fingerprint density at radius 3 is 2.67 bits per heavy atom. The first-order valence-corrected chi connectivity index (χ1v) is 6.74. The van der Waals surface area contributed by atoms with Crippen molar-refractivity contribution in [2.75, 3.05) is 0 Å². The topological polar surface area (TPSA) is 50.3 Å². The first-order valence-electron chi connectivity index (χ1n) is 6.74. The lowest BCUT2D eigenvalue weighted by Crippen LogP contribution is -1.99. The summed E-state index contributed by atoms with van der Waals surface area (Å²) in [5, 5.41) is 8.96. The number of nitrogens with zero attached hydrogens (tertiary/aromatic N) is 3. The number of aromatic nitrogens is 2. The largest absolute Gasteiger partial charge is 0.487 e. The third kappa shape index (κ3) is 2.59. The summed E-state index contributed by atoms with van der Waals surface area (Å²) in [7, 11) is 0. The molecule has 0 aliphatic carbocycles. The van der Waals surface area contributed by atoms with Gasteiger partial charge in [-0.2, -0.15) is 5.26 Å². The van der Waals surface area contributed by atoms with Crippen LogP contribution in [0.3, 0.4) is 0 Å². The summed E-state index contributed by atoms with van der Waals surface area (Å²) in [5.41, 5.74) is 4.38. The lowest BCUT2D eigenvalue weighted by Gasteiger charge is -2.11. The van der Waals surface area contributed by atoms with Crippen LogP contribution in [0.15, 0.2) is 42.7 Å². The summed E-state index contributed by atoms with van der Waals surface area (Å²) in [4.78, 5) is 4.51. The van der Waals surface area contributed by atoms with Crippen LogP contribution in [0.2, 0.25) is 0 Å². The van der Waals surface area contributed by atoms with E-state index in [0.29, 0.717) is 12.2 Å². The molecule has 0 radical (unpaired) electrons. The monoisotopic (exact) mass is 277 g/mol. The Morgan fingerprint density at radius 2 is 2.00 bits per heavy atom. The first-order chi connectivity index (χ1) is 10.2. The molecule has 0 fully saturated rings. The highest BCUT2D eigenvalue weighted by atomic mass is 16.5. The van der Waals surface area contributed by atoms with Gasteiger partial charge in [-0.05, 0) is 49.2 Å². The molecule has 21 heavy (non-hydrogen) atoms. The molecule has 4 heteroatoms. The van der Waals surface area contributed by atoms with Gasteiger partial charge in [0.25, 0.3) is 0 Å². The van der Waals surface area contributed by atoms with E-state index in [0.717, 1.165) is 28.2 Å². The van der Waals surface area contributed by atoms with Crippen LogP contribution in [-0.2, 0) is 6.61 Å². The van der Waals surface area contributed by atoms with E-state index in [-0.39, 0.29) is 0 Å². The van der Waals surface area contributed by atoms with E-state index in [1.54, 1.807) is 0 Å². The fraction of sp³-hybridized carbons (Fsp3) is 0.176. The van der Waals surface area contributed by atoms with Gasteiger partial charge >= 0.3 is 0 Å². The molecule has 0 unspecified atom stereocenters. The van der Waals surface area contributed by atoms with Crippen LogP contribution in [-0.4, -0.2) is 9.38 Å². The minimum absolute atomic E-state index is 0.412. The summed E-state index contributed by atoms with van der Waals surface area (Å²) in [5.74, 6) is 0.825. The normalized spacial score (nSPS) is 10.5. The number of fused-ring (bicyclic) bond motifs is 1. The molecule has 0 saturated heterocycles. The smallest absolute Gasteiger partial charge is 0.137 e. The number of aryl methyl sites for hydroxylation is 2. The van der Waals surface area contributed by atoms with Gasteiger partial charge in [-0.25, -0.2) is 4.98 Å². The molecule has 104 valence electrons. The standard InChI is InChI=1S/C17H15N3O/c1-12-7-14(9-18)8-13(2)17(12)21-11-15-10-20-6-4-3-5-16(20)19-15/h3-8,10H,11H2,1-2H3. The van der Waals surface area contributed by atoms with Crippen LogP contribution >= 0.6 is 0 Å². The average Bonchev–Trinajstić information content (AvgIpc) is 2.88. The Morgan fingerprint density at radius 1 is 1.24 bits per heavy atom. The second kappa shape index (κ2) is 5.29. The lowest BCUT2D eigenvalue weighted by atomic mass is 10.1. The van der Waals surface area contributed by atoms with E-state index in [9.17, 15) is 0 Å². The fourth-order valence-electron chi connectivity index (χ4n) is 2.45. The van der Waals surface area contributed by atoms with Crippen LogP contribution in [0.5, 0.6) is 5.75 Å². The van der Waals surface area contributed by atoms with Gasteiger partial charge in [-0.3, -0.25) is 0 Å². The van der Waals surface area contributed by atoms with Crippen molar-refractivity contribution in [1.82, 2.24) is 9.38 Å². The molecule has 4 nitrogen and oxygen atoms in total. The molecule has 0 aliphatic heterocycles. The summed E-state index contributed by atoms with van der Waals surface area (Å²) in [6.07, 6.45) is 3.92. The summed E-state index contributed by atoms with van der Waals surface area (Å²) in [6.45, 7) is 4.31. The molecular formula is C17H15N3O. The second-order valence-corrected chi connectivity index (χ2v) is 5.04. The van der Waals surface area contributed by atoms with Gasteiger partial charge in [0.05, 0.1) is 17.3 Å². The van der Waals surface area contributed by atoms with Crippen LogP contribution in [0.25, 0.3) is 5.65 Å². The second-order valence-electron chi connectivity index (χ2n) is 5.04. The number of hydrogen-bond acceptors (Lipinski definition) is 3. The lowest BCUT2D eigenvalue weighted by molar-refractivity contribution is 0.298. The Balaban J connectivity index is 1.83. The molecule has 2 aromatic heterocycles. The molecule has 0 amide bonds. The van der Waals surface area contributed by atoms with Crippen LogP contribution in [0.4, 0.5) is 0 Å². The molecule has 0 aliphatic rings. The van der Waals surface area contributed by atoms with Crippen molar-refractivity contribution in [3.63, 3.8) is 0 Å². The third-order valence-corrected chi connectivity index (χ3v) is 3.37. The minimum atomic E-state index is 0.412. The molecular weight excluding hydrogens is 262 g/mol. The number of imidazole rings is 1. The molecule has 0 spiro atoms. The number of hydrogen-bond donors (Lipinski definition) is 0. The van der Waals surface area contributed by atoms with Crippen molar-refractivity contribution in [3.05, 3.63) is 65.1 Å². The van der Waals surface area contributed by atoms with Crippen LogP contribution < -0.4 is 4.74 Å². The van der Waals surface area contributed by atoms with E-state index in [1.807, 2.05) is 61.0 Å². The molecule has 0 N–H and O–H groups in total. The van der Waals surface area contributed by atoms with E-state index in [1.165, 1.54) is 0 Å². The zero-order valence-electron chi connectivity index (χ0n) is 12.0. The highest BCUT2D eigenvalue weighted by molar-refractivity contribution is 5.47. The molecule has 3 rings (SSSR count). The number of pyridine rings is 1. The molecule has 3 aromatic rings. The zero-order valence-corrected chi connectivity index (χ0v) is 12.0. The maximum Gasteiger partial charge on any atom is 0.137 e. The molecule has 0 bridgehead atoms. The number of benzene rings is 1. The number of ether oxygens (including phenoxy) is 1. The van der Waals surface area contributed by atoms with Crippen LogP contribution in [0.1, 0.15) is 22.4 Å². The van der Waals surface area contributed by atoms with Crippen LogP contribution in [0, 0.1) is 25.2 Å². The molecule has 0 atom stereocenters. The van der Waals surface area contributed by atoms with Crippen molar-refractivity contribution >= 4 is 5.65 Å². The Hall–Kier alpha value is -2.80. The van der Waals surface area contributed by atoms with Crippen molar-refractivity contribution in [2.45, 2.75) is 20.5 Å². The SMILES string of the molecule is Cc1cc(C#N)cc(C)c1OCc1cn2ccccc2n1. The van der Waals surface area contributed by atoms with E-state index in [4.69, 9.17) is 10.00 Å². The van der Waals surface area contributed by atoms with Crippen molar-refractivity contribution in [1.29, 1.82) is 5.26 Å². The van der Waals surface area contributed by atoms with E-state index >= 15 is 0 Å². The van der Waals surface area contributed by atoms with Gasteiger partial charge in [0, 0.05) is 12.4 Å². The minimum Gasteiger partial charge on any atom is -0.487 e. The van der Waals surface area contributed by atoms with Gasteiger partial charge in [0.15, 0.2) is 0 Å². The molecule has 2 heterocycles. The van der Waals surface area contributed by atoms with Gasteiger partial charge in [0.1, 0.15) is 18.0 Å². The van der Waals surface area contributed by atoms with Gasteiger partial charge < -0.3 is 9.14 Å². The van der Waals surface area contributed by atoms with Crippen molar-refractivity contribution in [3.8, 4) is 11.8 Å².